The van der Waals surface area contributed by atoms with Crippen molar-refractivity contribution in [1.29, 1.82) is 0 Å². The second-order valence-corrected chi connectivity index (χ2v) is 6.55. The van der Waals surface area contributed by atoms with Crippen molar-refractivity contribution >= 4 is 34.5 Å². The molecule has 1 aromatic heterocycles. The van der Waals surface area contributed by atoms with Crippen molar-refractivity contribution in [1.82, 2.24) is 0 Å². The van der Waals surface area contributed by atoms with Crippen LogP contribution in [0.1, 0.15) is 23.1 Å². The van der Waals surface area contributed by atoms with Crippen LogP contribution in [0.2, 0.25) is 8.67 Å². The molecule has 0 aliphatic carbocycles. The Morgan fingerprint density at radius 1 is 1.33 bits per heavy atom. The van der Waals surface area contributed by atoms with E-state index >= 15 is 0 Å². The zero-order valence-corrected chi connectivity index (χ0v) is 11.7. The Morgan fingerprint density at radius 2 is 2.11 bits per heavy atom. The molecule has 1 aliphatic rings. The maximum atomic E-state index is 6.31. The summed E-state index contributed by atoms with van der Waals surface area (Å²) in [4.78, 5) is 0. The average molecular weight is 300 g/mol. The molecule has 2 N–H and O–H groups in total. The summed E-state index contributed by atoms with van der Waals surface area (Å²) in [7, 11) is 0. The van der Waals surface area contributed by atoms with Crippen molar-refractivity contribution in [2.75, 3.05) is 6.61 Å². The molecule has 0 spiro atoms. The van der Waals surface area contributed by atoms with Gasteiger partial charge in [-0.05, 0) is 12.1 Å². The van der Waals surface area contributed by atoms with E-state index in [1.165, 1.54) is 11.3 Å². The van der Waals surface area contributed by atoms with Crippen LogP contribution in [0.4, 0.5) is 0 Å². The normalized spacial score (nSPS) is 19.4. The lowest BCUT2D eigenvalue weighted by Crippen LogP contribution is -2.20. The van der Waals surface area contributed by atoms with Crippen LogP contribution in [0.5, 0.6) is 5.75 Å². The van der Waals surface area contributed by atoms with Gasteiger partial charge in [0.15, 0.2) is 0 Å². The average Bonchev–Trinajstić information content (AvgIpc) is 2.92. The van der Waals surface area contributed by atoms with Gasteiger partial charge in [-0.1, -0.05) is 41.4 Å². The van der Waals surface area contributed by atoms with Crippen LogP contribution in [0.25, 0.3) is 0 Å². The Morgan fingerprint density at radius 3 is 2.83 bits per heavy atom. The van der Waals surface area contributed by atoms with E-state index in [-0.39, 0.29) is 12.0 Å². The van der Waals surface area contributed by atoms with Crippen LogP contribution in [0.15, 0.2) is 30.3 Å². The number of benzene rings is 1. The lowest BCUT2D eigenvalue weighted by atomic mass is 9.90. The molecule has 2 aromatic rings. The Bertz CT molecular complexity index is 584. The SMILES string of the molecule is NC(c1cc(Cl)sc1Cl)C1COc2ccccc21. The minimum Gasteiger partial charge on any atom is -0.493 e. The number of fused-ring (bicyclic) bond motifs is 1. The van der Waals surface area contributed by atoms with Gasteiger partial charge in [0.1, 0.15) is 5.75 Å². The zero-order chi connectivity index (χ0) is 12.7. The third-order valence-electron chi connectivity index (χ3n) is 3.21. The van der Waals surface area contributed by atoms with Crippen LogP contribution < -0.4 is 10.5 Å². The van der Waals surface area contributed by atoms with E-state index in [9.17, 15) is 0 Å². The molecule has 3 rings (SSSR count). The first-order valence-electron chi connectivity index (χ1n) is 5.59. The van der Waals surface area contributed by atoms with E-state index in [2.05, 4.69) is 6.07 Å². The van der Waals surface area contributed by atoms with Gasteiger partial charge in [0.2, 0.25) is 0 Å². The van der Waals surface area contributed by atoms with E-state index < -0.39 is 0 Å². The molecule has 2 nitrogen and oxygen atoms in total. The number of hydrogen-bond donors (Lipinski definition) is 1. The summed E-state index contributed by atoms with van der Waals surface area (Å²) in [5.74, 6) is 1.04. The third-order valence-corrected chi connectivity index (χ3v) is 4.73. The van der Waals surface area contributed by atoms with Crippen molar-refractivity contribution in [2.45, 2.75) is 12.0 Å². The summed E-state index contributed by atoms with van der Waals surface area (Å²) in [6.45, 7) is 0.588. The molecule has 1 aliphatic heterocycles. The second kappa shape index (κ2) is 4.74. The van der Waals surface area contributed by atoms with Crippen molar-refractivity contribution in [3.05, 3.63) is 50.1 Å². The molecule has 0 saturated heterocycles. The highest BCUT2D eigenvalue weighted by molar-refractivity contribution is 7.20. The van der Waals surface area contributed by atoms with E-state index in [1.807, 2.05) is 24.3 Å². The van der Waals surface area contributed by atoms with Gasteiger partial charge in [-0.15, -0.1) is 11.3 Å². The van der Waals surface area contributed by atoms with E-state index in [4.69, 9.17) is 33.7 Å². The van der Waals surface area contributed by atoms with Gasteiger partial charge in [-0.25, -0.2) is 0 Å². The van der Waals surface area contributed by atoms with Crippen molar-refractivity contribution in [3.63, 3.8) is 0 Å². The minimum absolute atomic E-state index is 0.129. The molecule has 2 unspecified atom stereocenters. The van der Waals surface area contributed by atoms with Crippen molar-refractivity contribution < 1.29 is 4.74 Å². The second-order valence-electron chi connectivity index (χ2n) is 4.26. The molecule has 0 amide bonds. The maximum absolute atomic E-state index is 6.31. The molecule has 1 aromatic carbocycles. The monoisotopic (exact) mass is 299 g/mol. The van der Waals surface area contributed by atoms with E-state index in [1.54, 1.807) is 0 Å². The Balaban J connectivity index is 1.95. The van der Waals surface area contributed by atoms with Gasteiger partial charge in [0, 0.05) is 23.1 Å². The van der Waals surface area contributed by atoms with Gasteiger partial charge < -0.3 is 10.5 Å². The quantitative estimate of drug-likeness (QED) is 0.900. The van der Waals surface area contributed by atoms with Crippen LogP contribution in [0.3, 0.4) is 0 Å². The summed E-state index contributed by atoms with van der Waals surface area (Å²) >= 11 is 13.5. The fourth-order valence-electron chi connectivity index (χ4n) is 2.28. The molecule has 0 fully saturated rings. The molecule has 5 heteroatoms. The highest BCUT2D eigenvalue weighted by atomic mass is 35.5. The first-order valence-corrected chi connectivity index (χ1v) is 7.16. The van der Waals surface area contributed by atoms with Gasteiger partial charge in [-0.2, -0.15) is 0 Å². The smallest absolute Gasteiger partial charge is 0.122 e. The zero-order valence-electron chi connectivity index (χ0n) is 9.40. The van der Waals surface area contributed by atoms with Crippen LogP contribution in [0, 0.1) is 0 Å². The summed E-state index contributed by atoms with van der Waals surface area (Å²) in [5.41, 5.74) is 8.35. The summed E-state index contributed by atoms with van der Waals surface area (Å²) in [5, 5.41) is 0. The molecule has 0 radical (unpaired) electrons. The Kier molecular flexibility index (Phi) is 3.24. The van der Waals surface area contributed by atoms with Crippen LogP contribution in [-0.2, 0) is 0 Å². The third kappa shape index (κ3) is 2.01. The topological polar surface area (TPSA) is 35.2 Å². The minimum atomic E-state index is -0.190. The Labute approximate surface area is 119 Å². The predicted molar refractivity (Wildman–Crippen MR) is 75.9 cm³/mol. The number of hydrogen-bond acceptors (Lipinski definition) is 3. The number of nitrogens with two attached hydrogens (primary N) is 1. The lowest BCUT2D eigenvalue weighted by Gasteiger charge is -2.17. The Hall–Kier alpha value is -0.740. The van der Waals surface area contributed by atoms with E-state index in [0.29, 0.717) is 15.3 Å². The predicted octanol–water partition coefficient (Wildman–Crippen LogP) is 4.23. The molecule has 94 valence electrons. The molecule has 0 saturated carbocycles. The van der Waals surface area contributed by atoms with Gasteiger partial charge in [0.05, 0.1) is 15.3 Å². The fourth-order valence-corrected chi connectivity index (χ4v) is 3.85. The highest BCUT2D eigenvalue weighted by Crippen LogP contribution is 2.44. The van der Waals surface area contributed by atoms with Crippen LogP contribution >= 0.6 is 34.5 Å². The number of halogens is 2. The maximum Gasteiger partial charge on any atom is 0.122 e. The van der Waals surface area contributed by atoms with Gasteiger partial charge >= 0.3 is 0 Å². The molecule has 2 atom stereocenters. The largest absolute Gasteiger partial charge is 0.493 e. The number of ether oxygens (including phenoxy) is 1. The molecular weight excluding hydrogens is 289 g/mol. The number of thiophene rings is 1. The fraction of sp³-hybridized carbons (Fsp3) is 0.231. The molecule has 2 heterocycles. The summed E-state index contributed by atoms with van der Waals surface area (Å²) < 4.78 is 6.98. The van der Waals surface area contributed by atoms with Gasteiger partial charge in [-0.3, -0.25) is 0 Å². The number of rotatable bonds is 2. The summed E-state index contributed by atoms with van der Waals surface area (Å²) in [6, 6.07) is 9.63. The standard InChI is InChI=1S/C13H11Cl2NOS/c14-11-5-8(13(15)18-11)12(16)9-6-17-10-4-2-1-3-7(9)10/h1-5,9,12H,6,16H2. The molecule has 0 bridgehead atoms. The van der Waals surface area contributed by atoms with Crippen molar-refractivity contribution in [3.8, 4) is 5.75 Å². The first kappa shape index (κ1) is 12.3. The lowest BCUT2D eigenvalue weighted by molar-refractivity contribution is 0.315. The highest BCUT2D eigenvalue weighted by Gasteiger charge is 2.31. The first-order chi connectivity index (χ1) is 8.66. The number of para-hydroxylation sites is 1. The van der Waals surface area contributed by atoms with Crippen molar-refractivity contribution in [2.24, 2.45) is 5.73 Å². The summed E-state index contributed by atoms with van der Waals surface area (Å²) in [6.07, 6.45) is 0. The van der Waals surface area contributed by atoms with Gasteiger partial charge in [0.25, 0.3) is 0 Å². The van der Waals surface area contributed by atoms with Crippen LogP contribution in [-0.4, -0.2) is 6.61 Å². The molecule has 18 heavy (non-hydrogen) atoms. The molecular formula is C13H11Cl2NOS. The van der Waals surface area contributed by atoms with E-state index in [0.717, 1.165) is 16.9 Å².